The van der Waals surface area contributed by atoms with Gasteiger partial charge in [0.2, 0.25) is 0 Å². The third-order valence-electron chi connectivity index (χ3n) is 4.57. The molecule has 28 heavy (non-hydrogen) atoms. The topological polar surface area (TPSA) is 51.1 Å². The molecule has 0 bridgehead atoms. The van der Waals surface area contributed by atoms with Gasteiger partial charge >= 0.3 is 6.09 Å². The summed E-state index contributed by atoms with van der Waals surface area (Å²) in [5.41, 5.74) is 1.42. The number of hydrogen-bond acceptors (Lipinski definition) is 4. The lowest BCUT2D eigenvalue weighted by atomic mass is 9.94. The minimum absolute atomic E-state index is 0.428. The van der Waals surface area contributed by atoms with Crippen molar-refractivity contribution in [3.8, 4) is 0 Å². The third-order valence-corrected chi connectivity index (χ3v) is 4.57. The molecule has 0 radical (unpaired) electrons. The minimum atomic E-state index is -0.571. The van der Waals surface area contributed by atoms with E-state index < -0.39 is 17.2 Å². The molecule has 2 aromatic carbocycles. The van der Waals surface area contributed by atoms with Gasteiger partial charge in [0, 0.05) is 19.3 Å². The van der Waals surface area contributed by atoms with Crippen LogP contribution in [-0.4, -0.2) is 41.6 Å². The van der Waals surface area contributed by atoms with E-state index in [0.717, 1.165) is 13.1 Å². The summed E-state index contributed by atoms with van der Waals surface area (Å²) in [5, 5.41) is 0. The van der Waals surface area contributed by atoms with E-state index in [-0.39, 0.29) is 0 Å². The second-order valence-corrected chi connectivity index (χ2v) is 8.16. The molecule has 1 aliphatic rings. The van der Waals surface area contributed by atoms with Crippen LogP contribution in [0.5, 0.6) is 0 Å². The molecular formula is C23H28N2O3. The van der Waals surface area contributed by atoms with Crippen molar-refractivity contribution in [2.24, 2.45) is 4.99 Å². The Labute approximate surface area is 167 Å². The summed E-state index contributed by atoms with van der Waals surface area (Å²) in [7, 11) is 0. The van der Waals surface area contributed by atoms with Gasteiger partial charge in [0.05, 0.1) is 13.2 Å². The quantitative estimate of drug-likeness (QED) is 0.694. The third kappa shape index (κ3) is 5.50. The van der Waals surface area contributed by atoms with Crippen molar-refractivity contribution >= 4 is 12.3 Å². The van der Waals surface area contributed by atoms with Crippen molar-refractivity contribution in [3.05, 3.63) is 71.8 Å². The molecule has 0 N–H and O–H groups in total. The first-order chi connectivity index (χ1) is 13.4. The SMILES string of the molecule is CC(C)(C)OC(=O)N=CC1(N(Cc2ccccc2)Cc2ccccc2)COC1. The first-order valence-corrected chi connectivity index (χ1v) is 9.55. The fraction of sp³-hybridized carbons (Fsp3) is 0.391. The van der Waals surface area contributed by atoms with Crippen molar-refractivity contribution in [1.82, 2.24) is 4.90 Å². The van der Waals surface area contributed by atoms with Crippen LogP contribution in [0.1, 0.15) is 31.9 Å². The second-order valence-electron chi connectivity index (χ2n) is 8.16. The lowest BCUT2D eigenvalue weighted by Crippen LogP contribution is -2.63. The molecule has 0 unspecified atom stereocenters. The molecule has 0 spiro atoms. The van der Waals surface area contributed by atoms with E-state index in [1.807, 2.05) is 57.2 Å². The summed E-state index contributed by atoms with van der Waals surface area (Å²) in [6.07, 6.45) is 1.13. The minimum Gasteiger partial charge on any atom is -0.442 e. The van der Waals surface area contributed by atoms with Crippen LogP contribution >= 0.6 is 0 Å². The predicted octanol–water partition coefficient (Wildman–Crippen LogP) is 4.46. The molecule has 1 amide bonds. The molecule has 2 aromatic rings. The summed E-state index contributed by atoms with van der Waals surface area (Å²) in [5.74, 6) is 0. The average Bonchev–Trinajstić information content (AvgIpc) is 2.61. The van der Waals surface area contributed by atoms with E-state index in [0.29, 0.717) is 13.2 Å². The average molecular weight is 380 g/mol. The maximum Gasteiger partial charge on any atom is 0.433 e. The Morgan fingerprint density at radius 1 is 1.04 bits per heavy atom. The molecule has 1 aliphatic heterocycles. The number of carbonyl (C=O) groups excluding carboxylic acids is 1. The van der Waals surface area contributed by atoms with Gasteiger partial charge in [-0.05, 0) is 31.9 Å². The van der Waals surface area contributed by atoms with E-state index in [4.69, 9.17) is 9.47 Å². The first-order valence-electron chi connectivity index (χ1n) is 9.55. The van der Waals surface area contributed by atoms with Crippen molar-refractivity contribution in [2.45, 2.75) is 45.0 Å². The number of aliphatic imine (C=N–C) groups is 1. The molecular weight excluding hydrogens is 352 g/mol. The largest absolute Gasteiger partial charge is 0.442 e. The Kier molecular flexibility index (Phi) is 6.27. The van der Waals surface area contributed by atoms with Gasteiger partial charge < -0.3 is 9.47 Å². The lowest BCUT2D eigenvalue weighted by molar-refractivity contribution is -0.105. The molecule has 1 fully saturated rings. The first kappa shape index (κ1) is 20.2. The molecule has 5 heteroatoms. The molecule has 1 saturated heterocycles. The highest BCUT2D eigenvalue weighted by molar-refractivity contribution is 5.84. The highest BCUT2D eigenvalue weighted by Crippen LogP contribution is 2.28. The highest BCUT2D eigenvalue weighted by Gasteiger charge is 2.43. The van der Waals surface area contributed by atoms with Crippen molar-refractivity contribution in [3.63, 3.8) is 0 Å². The van der Waals surface area contributed by atoms with Crippen molar-refractivity contribution in [2.75, 3.05) is 13.2 Å². The molecule has 5 nitrogen and oxygen atoms in total. The molecule has 0 aromatic heterocycles. The zero-order valence-electron chi connectivity index (χ0n) is 16.8. The summed E-state index contributed by atoms with van der Waals surface area (Å²) in [6, 6.07) is 20.6. The van der Waals surface area contributed by atoms with Gasteiger partial charge in [-0.15, -0.1) is 0 Å². The Bertz CT molecular complexity index is 752. The summed E-state index contributed by atoms with van der Waals surface area (Å²) < 4.78 is 10.9. The van der Waals surface area contributed by atoms with Gasteiger partial charge in [-0.1, -0.05) is 60.7 Å². The lowest BCUT2D eigenvalue weighted by Gasteiger charge is -2.47. The number of ether oxygens (including phenoxy) is 2. The standard InChI is InChI=1S/C23H28N2O3/c1-22(2,3)28-21(26)24-16-23(17-27-18-23)25(14-19-10-6-4-7-11-19)15-20-12-8-5-9-13-20/h4-13,16H,14-15,17-18H2,1-3H3. The van der Waals surface area contributed by atoms with Crippen LogP contribution in [0.3, 0.4) is 0 Å². The van der Waals surface area contributed by atoms with Gasteiger partial charge in [0.15, 0.2) is 0 Å². The van der Waals surface area contributed by atoms with Crippen LogP contribution in [0.2, 0.25) is 0 Å². The molecule has 3 rings (SSSR count). The molecule has 1 heterocycles. The predicted molar refractivity (Wildman–Crippen MR) is 110 cm³/mol. The summed E-state index contributed by atoms with van der Waals surface area (Å²) in [6.45, 7) is 7.97. The summed E-state index contributed by atoms with van der Waals surface area (Å²) in [4.78, 5) is 18.5. The molecule has 0 atom stereocenters. The smallest absolute Gasteiger partial charge is 0.433 e. The van der Waals surface area contributed by atoms with Gasteiger partial charge in [0.1, 0.15) is 11.1 Å². The molecule has 0 saturated carbocycles. The van der Waals surface area contributed by atoms with E-state index in [1.54, 1.807) is 6.21 Å². The van der Waals surface area contributed by atoms with Crippen LogP contribution < -0.4 is 0 Å². The van der Waals surface area contributed by atoms with Gasteiger partial charge in [-0.3, -0.25) is 4.90 Å². The van der Waals surface area contributed by atoms with E-state index >= 15 is 0 Å². The fourth-order valence-corrected chi connectivity index (χ4v) is 3.09. The number of hydrogen-bond donors (Lipinski definition) is 0. The van der Waals surface area contributed by atoms with Crippen LogP contribution in [0, 0.1) is 0 Å². The number of carbonyl (C=O) groups is 1. The van der Waals surface area contributed by atoms with Crippen LogP contribution in [-0.2, 0) is 22.6 Å². The monoisotopic (exact) mass is 380 g/mol. The van der Waals surface area contributed by atoms with Crippen molar-refractivity contribution in [1.29, 1.82) is 0 Å². The Morgan fingerprint density at radius 3 is 1.93 bits per heavy atom. The second kappa shape index (κ2) is 8.67. The summed E-state index contributed by atoms with van der Waals surface area (Å²) >= 11 is 0. The zero-order chi connectivity index (χ0) is 20.0. The van der Waals surface area contributed by atoms with E-state index in [2.05, 4.69) is 34.2 Å². The Balaban J connectivity index is 1.82. The fourth-order valence-electron chi connectivity index (χ4n) is 3.09. The highest BCUT2D eigenvalue weighted by atomic mass is 16.6. The van der Waals surface area contributed by atoms with Crippen LogP contribution in [0.4, 0.5) is 4.79 Å². The number of benzene rings is 2. The van der Waals surface area contributed by atoms with Gasteiger partial charge in [-0.2, -0.15) is 4.99 Å². The molecule has 148 valence electrons. The Hall–Kier alpha value is -2.50. The maximum atomic E-state index is 12.1. The number of rotatable bonds is 6. The van der Waals surface area contributed by atoms with E-state index in [9.17, 15) is 4.79 Å². The van der Waals surface area contributed by atoms with Crippen LogP contribution in [0.25, 0.3) is 0 Å². The zero-order valence-corrected chi connectivity index (χ0v) is 16.8. The van der Waals surface area contributed by atoms with Crippen molar-refractivity contribution < 1.29 is 14.3 Å². The number of amides is 1. The molecule has 0 aliphatic carbocycles. The van der Waals surface area contributed by atoms with Gasteiger partial charge in [-0.25, -0.2) is 4.79 Å². The number of nitrogens with zero attached hydrogens (tertiary/aromatic N) is 2. The van der Waals surface area contributed by atoms with Crippen LogP contribution in [0.15, 0.2) is 65.7 Å². The Morgan fingerprint density at radius 2 is 1.54 bits per heavy atom. The maximum absolute atomic E-state index is 12.1. The normalized spacial score (nSPS) is 16.1. The van der Waals surface area contributed by atoms with E-state index in [1.165, 1.54) is 11.1 Å². The van der Waals surface area contributed by atoms with Gasteiger partial charge in [0.25, 0.3) is 0 Å².